The molecule has 2 aliphatic carbocycles. The SMILES string of the molecule is O=C1CC(c2ccccc2)CC(O)=C1C=NC1CCCC1. The Labute approximate surface area is 125 Å². The van der Waals surface area contributed by atoms with Crippen LogP contribution in [0, 0.1) is 0 Å². The van der Waals surface area contributed by atoms with Gasteiger partial charge in [-0.25, -0.2) is 0 Å². The summed E-state index contributed by atoms with van der Waals surface area (Å²) in [5.41, 5.74) is 1.54. The second-order valence-corrected chi connectivity index (χ2v) is 6.02. The predicted molar refractivity (Wildman–Crippen MR) is 83.8 cm³/mol. The lowest BCUT2D eigenvalue weighted by molar-refractivity contribution is -0.116. The molecule has 1 unspecified atom stereocenters. The molecule has 1 aromatic rings. The minimum Gasteiger partial charge on any atom is -0.511 e. The van der Waals surface area contributed by atoms with Crippen LogP contribution < -0.4 is 0 Å². The van der Waals surface area contributed by atoms with E-state index in [4.69, 9.17) is 0 Å². The number of carbonyl (C=O) groups is 1. The van der Waals surface area contributed by atoms with E-state index >= 15 is 0 Å². The van der Waals surface area contributed by atoms with Crippen LogP contribution in [0.5, 0.6) is 0 Å². The number of aliphatic hydroxyl groups is 1. The maximum absolute atomic E-state index is 12.3. The number of Topliss-reactive ketones (excluding diaryl/α,β-unsaturated/α-hetero) is 1. The van der Waals surface area contributed by atoms with Gasteiger partial charge in [-0.05, 0) is 24.3 Å². The normalized spacial score (nSPS) is 24.2. The average Bonchev–Trinajstić information content (AvgIpc) is 3.00. The van der Waals surface area contributed by atoms with Crippen molar-refractivity contribution in [1.82, 2.24) is 0 Å². The smallest absolute Gasteiger partial charge is 0.168 e. The van der Waals surface area contributed by atoms with Crippen molar-refractivity contribution in [2.75, 3.05) is 0 Å². The van der Waals surface area contributed by atoms with Gasteiger partial charge in [0.15, 0.2) is 5.78 Å². The van der Waals surface area contributed by atoms with Crippen LogP contribution in [0.25, 0.3) is 0 Å². The predicted octanol–water partition coefficient (Wildman–Crippen LogP) is 3.96. The van der Waals surface area contributed by atoms with Crippen LogP contribution in [0.2, 0.25) is 0 Å². The third-order valence-corrected chi connectivity index (χ3v) is 4.49. The molecule has 0 aliphatic heterocycles. The van der Waals surface area contributed by atoms with Gasteiger partial charge in [-0.1, -0.05) is 43.2 Å². The minimum atomic E-state index is 0.00866. The second kappa shape index (κ2) is 6.25. The van der Waals surface area contributed by atoms with Crippen molar-refractivity contribution in [2.24, 2.45) is 4.99 Å². The number of carbonyl (C=O) groups excluding carboxylic acids is 1. The fourth-order valence-electron chi connectivity index (χ4n) is 3.25. The van der Waals surface area contributed by atoms with Crippen LogP contribution in [0.4, 0.5) is 0 Å². The molecule has 0 aromatic heterocycles. The molecule has 0 spiro atoms. The van der Waals surface area contributed by atoms with E-state index in [0.717, 1.165) is 18.4 Å². The monoisotopic (exact) mass is 283 g/mol. The van der Waals surface area contributed by atoms with Crippen LogP contribution >= 0.6 is 0 Å². The van der Waals surface area contributed by atoms with Crippen LogP contribution in [-0.2, 0) is 4.79 Å². The van der Waals surface area contributed by atoms with Crippen molar-refractivity contribution in [2.45, 2.75) is 50.5 Å². The summed E-state index contributed by atoms with van der Waals surface area (Å²) in [6.07, 6.45) is 7.25. The van der Waals surface area contributed by atoms with Crippen LogP contribution in [0.15, 0.2) is 46.7 Å². The summed E-state index contributed by atoms with van der Waals surface area (Å²) in [4.78, 5) is 16.8. The quantitative estimate of drug-likeness (QED) is 0.854. The Morgan fingerprint density at radius 3 is 2.48 bits per heavy atom. The third-order valence-electron chi connectivity index (χ3n) is 4.49. The fourth-order valence-corrected chi connectivity index (χ4v) is 3.25. The van der Waals surface area contributed by atoms with Gasteiger partial charge in [-0.2, -0.15) is 0 Å². The van der Waals surface area contributed by atoms with Crippen molar-refractivity contribution in [3.05, 3.63) is 47.2 Å². The summed E-state index contributed by atoms with van der Waals surface area (Å²) in [6, 6.07) is 10.3. The van der Waals surface area contributed by atoms with Gasteiger partial charge in [0, 0.05) is 25.1 Å². The lowest BCUT2D eigenvalue weighted by Gasteiger charge is -2.22. The van der Waals surface area contributed by atoms with E-state index in [-0.39, 0.29) is 17.5 Å². The largest absolute Gasteiger partial charge is 0.511 e. The zero-order chi connectivity index (χ0) is 14.7. The molecule has 1 atom stereocenters. The molecule has 110 valence electrons. The first kappa shape index (κ1) is 14.1. The first-order chi connectivity index (χ1) is 10.2. The summed E-state index contributed by atoms with van der Waals surface area (Å²) in [6.45, 7) is 0. The number of allylic oxidation sites excluding steroid dienone is 2. The van der Waals surface area contributed by atoms with Crippen molar-refractivity contribution >= 4 is 12.0 Å². The molecule has 0 bridgehead atoms. The zero-order valence-electron chi connectivity index (χ0n) is 12.2. The van der Waals surface area contributed by atoms with E-state index < -0.39 is 0 Å². The van der Waals surface area contributed by atoms with Crippen LogP contribution in [-0.4, -0.2) is 23.1 Å². The summed E-state index contributed by atoms with van der Waals surface area (Å²) in [7, 11) is 0. The van der Waals surface area contributed by atoms with Crippen LogP contribution in [0.1, 0.15) is 50.0 Å². The van der Waals surface area contributed by atoms with Gasteiger partial charge < -0.3 is 5.11 Å². The Morgan fingerprint density at radius 2 is 1.81 bits per heavy atom. The molecule has 1 saturated carbocycles. The van der Waals surface area contributed by atoms with Gasteiger partial charge in [-0.3, -0.25) is 9.79 Å². The number of nitrogens with zero attached hydrogens (tertiary/aromatic N) is 1. The molecule has 3 heteroatoms. The Balaban J connectivity index is 1.75. The lowest BCUT2D eigenvalue weighted by Crippen LogP contribution is -2.19. The molecule has 21 heavy (non-hydrogen) atoms. The fraction of sp³-hybridized carbons (Fsp3) is 0.444. The number of ketones is 1. The number of aliphatic imine (C=N–C) groups is 1. The molecule has 0 heterocycles. The Morgan fingerprint density at radius 1 is 1.10 bits per heavy atom. The van der Waals surface area contributed by atoms with Crippen molar-refractivity contribution in [3.8, 4) is 0 Å². The number of hydrogen-bond acceptors (Lipinski definition) is 3. The molecular weight excluding hydrogens is 262 g/mol. The van der Waals surface area contributed by atoms with Crippen molar-refractivity contribution < 1.29 is 9.90 Å². The van der Waals surface area contributed by atoms with E-state index in [1.54, 1.807) is 6.21 Å². The van der Waals surface area contributed by atoms with E-state index in [1.165, 1.54) is 12.8 Å². The standard InChI is InChI=1S/C18H21NO2/c20-17-10-14(13-6-2-1-3-7-13)11-18(21)16(17)12-19-15-8-4-5-9-15/h1-3,6-7,12,14-15,20H,4-5,8-11H2. The molecule has 0 amide bonds. The van der Waals surface area contributed by atoms with Crippen LogP contribution in [0.3, 0.4) is 0 Å². The number of hydrogen-bond donors (Lipinski definition) is 1. The number of aliphatic hydroxyl groups excluding tert-OH is 1. The third kappa shape index (κ3) is 3.23. The van der Waals surface area contributed by atoms with Gasteiger partial charge in [0.1, 0.15) is 5.76 Å². The highest BCUT2D eigenvalue weighted by molar-refractivity contribution is 6.14. The van der Waals surface area contributed by atoms with Gasteiger partial charge >= 0.3 is 0 Å². The molecule has 0 saturated heterocycles. The topological polar surface area (TPSA) is 49.7 Å². The zero-order valence-corrected chi connectivity index (χ0v) is 12.2. The molecule has 1 aromatic carbocycles. The van der Waals surface area contributed by atoms with E-state index in [0.29, 0.717) is 24.5 Å². The van der Waals surface area contributed by atoms with E-state index in [2.05, 4.69) is 4.99 Å². The van der Waals surface area contributed by atoms with E-state index in [1.807, 2.05) is 30.3 Å². The Hall–Kier alpha value is -1.90. The first-order valence-corrected chi connectivity index (χ1v) is 7.77. The van der Waals surface area contributed by atoms with Gasteiger partial charge in [0.25, 0.3) is 0 Å². The highest BCUT2D eigenvalue weighted by atomic mass is 16.3. The first-order valence-electron chi connectivity index (χ1n) is 7.77. The summed E-state index contributed by atoms with van der Waals surface area (Å²) in [5.74, 6) is 0.290. The van der Waals surface area contributed by atoms with Crippen molar-refractivity contribution in [1.29, 1.82) is 0 Å². The second-order valence-electron chi connectivity index (χ2n) is 6.02. The maximum Gasteiger partial charge on any atom is 0.168 e. The molecule has 3 rings (SSSR count). The highest BCUT2D eigenvalue weighted by Crippen LogP contribution is 2.33. The number of rotatable bonds is 3. The maximum atomic E-state index is 12.3. The van der Waals surface area contributed by atoms with Crippen molar-refractivity contribution in [3.63, 3.8) is 0 Å². The molecule has 2 aliphatic rings. The van der Waals surface area contributed by atoms with Gasteiger partial charge in [0.2, 0.25) is 0 Å². The summed E-state index contributed by atoms with van der Waals surface area (Å²) < 4.78 is 0. The molecule has 0 radical (unpaired) electrons. The lowest BCUT2D eigenvalue weighted by atomic mass is 9.83. The number of benzene rings is 1. The summed E-state index contributed by atoms with van der Waals surface area (Å²) >= 11 is 0. The Bertz CT molecular complexity index is 568. The molecular formula is C18H21NO2. The van der Waals surface area contributed by atoms with Gasteiger partial charge in [0.05, 0.1) is 5.57 Å². The highest BCUT2D eigenvalue weighted by Gasteiger charge is 2.27. The van der Waals surface area contributed by atoms with E-state index in [9.17, 15) is 9.90 Å². The average molecular weight is 283 g/mol. The molecule has 3 nitrogen and oxygen atoms in total. The minimum absolute atomic E-state index is 0.00866. The molecule has 1 fully saturated rings. The Kier molecular flexibility index (Phi) is 4.18. The van der Waals surface area contributed by atoms with Gasteiger partial charge in [-0.15, -0.1) is 0 Å². The molecule has 1 N–H and O–H groups in total. The summed E-state index contributed by atoms with van der Waals surface area (Å²) in [5, 5.41) is 10.2.